The van der Waals surface area contributed by atoms with Gasteiger partial charge in [0.1, 0.15) is 0 Å². The maximum atomic E-state index is 6.26. The van der Waals surface area contributed by atoms with Crippen molar-refractivity contribution < 1.29 is 0 Å². The van der Waals surface area contributed by atoms with Crippen LogP contribution in [0.15, 0.2) is 84.9 Å². The van der Waals surface area contributed by atoms with E-state index in [0.717, 1.165) is 11.4 Å². The molecule has 0 saturated heterocycles. The highest BCUT2D eigenvalue weighted by Crippen LogP contribution is 2.38. The lowest BCUT2D eigenvalue weighted by molar-refractivity contribution is 0.540. The normalized spacial score (nSPS) is 13.1. The summed E-state index contributed by atoms with van der Waals surface area (Å²) in [5.74, 6) is 1.20. The van der Waals surface area contributed by atoms with Crippen LogP contribution in [0.1, 0.15) is 256 Å². The fraction of sp³-hybridized carbons (Fsp3) is 0.593. The summed E-state index contributed by atoms with van der Waals surface area (Å²) in [6.45, 7) is 11.4. The van der Waals surface area contributed by atoms with Gasteiger partial charge in [-0.25, -0.2) is 0 Å². The van der Waals surface area contributed by atoms with E-state index in [1.54, 1.807) is 0 Å². The molecule has 2 atom stereocenters. The Morgan fingerprint density at radius 1 is 0.311 bits per heavy atom. The fourth-order valence-electron chi connectivity index (χ4n) is 10.1. The number of anilines is 2. The Hall–Kier alpha value is -3.52. The average Bonchev–Trinajstić information content (AvgIpc) is 3.26. The summed E-state index contributed by atoms with van der Waals surface area (Å²) in [5.41, 5.74) is 25.5. The zero-order chi connectivity index (χ0) is 43.5. The van der Waals surface area contributed by atoms with E-state index < -0.39 is 0 Å². The molecular weight excluding hydrogens is 737 g/mol. The molecule has 0 amide bonds. The van der Waals surface area contributed by atoms with E-state index in [1.165, 1.54) is 218 Å². The van der Waals surface area contributed by atoms with E-state index >= 15 is 0 Å². The van der Waals surface area contributed by atoms with Gasteiger partial charge < -0.3 is 11.5 Å². The van der Waals surface area contributed by atoms with Gasteiger partial charge in [0, 0.05) is 29.1 Å². The van der Waals surface area contributed by atoms with Crippen LogP contribution in [0, 0.1) is 13.8 Å². The number of hydrogen-bond acceptors (Lipinski definition) is 2. The van der Waals surface area contributed by atoms with Crippen molar-refractivity contribution in [3.63, 3.8) is 0 Å². The Morgan fingerprint density at radius 2 is 0.557 bits per heavy atom. The third kappa shape index (κ3) is 18.0. The molecule has 4 aromatic carbocycles. The monoisotopic (exact) mass is 827 g/mol. The summed E-state index contributed by atoms with van der Waals surface area (Å²) in [7, 11) is 0. The summed E-state index contributed by atoms with van der Waals surface area (Å²) in [4.78, 5) is 0. The van der Waals surface area contributed by atoms with Gasteiger partial charge in [0.15, 0.2) is 0 Å². The first-order chi connectivity index (χ1) is 29.9. The molecule has 4 rings (SSSR count). The highest BCUT2D eigenvalue weighted by atomic mass is 14.5. The predicted molar refractivity (Wildman–Crippen MR) is 271 cm³/mol. The van der Waals surface area contributed by atoms with Crippen molar-refractivity contribution in [3.05, 3.63) is 129 Å². The zero-order valence-electron chi connectivity index (χ0n) is 40.1. The third-order valence-electron chi connectivity index (χ3n) is 13.9. The molecule has 4 N–H and O–H groups in total. The molecule has 0 bridgehead atoms. The number of rotatable bonds is 33. The average molecular weight is 827 g/mol. The molecule has 2 nitrogen and oxygen atoms in total. The molecule has 4 aromatic rings. The van der Waals surface area contributed by atoms with Gasteiger partial charge >= 0.3 is 0 Å². The second-order valence-corrected chi connectivity index (χ2v) is 19.0. The van der Waals surface area contributed by atoms with Gasteiger partial charge in [-0.15, -0.1) is 0 Å². The molecule has 2 heteroatoms. The van der Waals surface area contributed by atoms with E-state index in [1.807, 2.05) is 0 Å². The summed E-state index contributed by atoms with van der Waals surface area (Å²) in [6, 6.07) is 32.9. The smallest absolute Gasteiger partial charge is 0.0316 e. The molecule has 0 aromatic heterocycles. The van der Waals surface area contributed by atoms with Crippen LogP contribution in [0.25, 0.3) is 0 Å². The standard InChI is InChI=1S/C59H90N2/c1-6-9-12-15-17-19-21-23-25-28-31-58(55-43-41-53(60)45-47(55)4)51-37-33-49(34-38-51)57(30-27-14-11-8-3)50-35-39-52(40-36-50)59(56-44-42-54(61)46-48(56)5)32-29-26-24-22-20-18-16-13-10-7-2/h33-46,57-59H,6-32,60-61H2,1-5H3. The van der Waals surface area contributed by atoms with Crippen molar-refractivity contribution in [3.8, 4) is 0 Å². The first-order valence-electron chi connectivity index (χ1n) is 25.8. The van der Waals surface area contributed by atoms with Crippen LogP contribution >= 0.6 is 0 Å². The van der Waals surface area contributed by atoms with Crippen LogP contribution < -0.4 is 11.5 Å². The van der Waals surface area contributed by atoms with Crippen molar-refractivity contribution in [1.82, 2.24) is 0 Å². The lowest BCUT2D eigenvalue weighted by Gasteiger charge is -2.24. The summed E-state index contributed by atoms with van der Waals surface area (Å²) < 4.78 is 0. The van der Waals surface area contributed by atoms with E-state index in [0.29, 0.717) is 17.8 Å². The molecule has 0 radical (unpaired) electrons. The Labute approximate surface area is 376 Å². The lowest BCUT2D eigenvalue weighted by atomic mass is 9.80. The highest BCUT2D eigenvalue weighted by Gasteiger charge is 2.21. The first-order valence-corrected chi connectivity index (χ1v) is 25.8. The topological polar surface area (TPSA) is 52.0 Å². The van der Waals surface area contributed by atoms with Crippen LogP contribution in [-0.4, -0.2) is 0 Å². The SMILES string of the molecule is CCCCCCCCCCCCC(c1ccc(C(CCCCCC)c2ccc(C(CCCCCCCCCCCC)c3ccc(N)cc3C)cc2)cc1)c1ccc(N)cc1C. The Kier molecular flexibility index (Phi) is 24.4. The zero-order valence-corrected chi connectivity index (χ0v) is 40.1. The molecular formula is C59H90N2. The first kappa shape index (κ1) is 50.1. The van der Waals surface area contributed by atoms with Gasteiger partial charge in [0.05, 0.1) is 0 Å². The lowest BCUT2D eigenvalue weighted by Crippen LogP contribution is -2.07. The number of unbranched alkanes of at least 4 members (excludes halogenated alkanes) is 21. The minimum atomic E-state index is 0.398. The van der Waals surface area contributed by atoms with Gasteiger partial charge in [-0.3, -0.25) is 0 Å². The van der Waals surface area contributed by atoms with Crippen LogP contribution in [0.3, 0.4) is 0 Å². The molecule has 336 valence electrons. The fourth-order valence-corrected chi connectivity index (χ4v) is 10.1. The minimum absolute atomic E-state index is 0.398. The van der Waals surface area contributed by atoms with Crippen LogP contribution in [0.5, 0.6) is 0 Å². The molecule has 0 saturated carbocycles. The Morgan fingerprint density at radius 3 is 0.852 bits per heavy atom. The van der Waals surface area contributed by atoms with Gasteiger partial charge in [-0.05, 0) is 102 Å². The third-order valence-corrected chi connectivity index (χ3v) is 13.9. The summed E-state index contributed by atoms with van der Waals surface area (Å²) in [6.07, 6.45) is 36.1. The molecule has 2 unspecified atom stereocenters. The molecule has 0 spiro atoms. The predicted octanol–water partition coefficient (Wildman–Crippen LogP) is 18.5. The molecule has 0 aliphatic carbocycles. The van der Waals surface area contributed by atoms with Crippen molar-refractivity contribution >= 4 is 11.4 Å². The summed E-state index contributed by atoms with van der Waals surface area (Å²) >= 11 is 0. The molecule has 0 aliphatic heterocycles. The van der Waals surface area contributed by atoms with Gasteiger partial charge in [-0.1, -0.05) is 236 Å². The summed E-state index contributed by atoms with van der Waals surface area (Å²) in [5, 5.41) is 0. The maximum Gasteiger partial charge on any atom is 0.0316 e. The van der Waals surface area contributed by atoms with Gasteiger partial charge in [0.25, 0.3) is 0 Å². The van der Waals surface area contributed by atoms with Crippen LogP contribution in [-0.2, 0) is 0 Å². The molecule has 61 heavy (non-hydrogen) atoms. The number of hydrogen-bond donors (Lipinski definition) is 2. The van der Waals surface area contributed by atoms with Crippen LogP contribution in [0.2, 0.25) is 0 Å². The second-order valence-electron chi connectivity index (χ2n) is 19.0. The van der Waals surface area contributed by atoms with E-state index in [9.17, 15) is 0 Å². The number of nitrogen functional groups attached to an aromatic ring is 2. The van der Waals surface area contributed by atoms with Crippen molar-refractivity contribution in [2.75, 3.05) is 11.5 Å². The molecule has 0 fully saturated rings. The van der Waals surface area contributed by atoms with Crippen molar-refractivity contribution in [2.24, 2.45) is 0 Å². The molecule has 0 heterocycles. The van der Waals surface area contributed by atoms with Crippen LogP contribution in [0.4, 0.5) is 11.4 Å². The maximum absolute atomic E-state index is 6.26. The Balaban J connectivity index is 1.49. The van der Waals surface area contributed by atoms with Crippen molar-refractivity contribution in [2.45, 2.75) is 226 Å². The van der Waals surface area contributed by atoms with Crippen molar-refractivity contribution in [1.29, 1.82) is 0 Å². The number of benzene rings is 4. The molecule has 0 aliphatic rings. The number of aryl methyl sites for hydroxylation is 2. The number of nitrogens with two attached hydrogens (primary N) is 2. The highest BCUT2D eigenvalue weighted by molar-refractivity contribution is 5.50. The largest absolute Gasteiger partial charge is 0.399 e. The second kappa shape index (κ2) is 29.7. The van der Waals surface area contributed by atoms with E-state index in [-0.39, 0.29) is 0 Å². The van der Waals surface area contributed by atoms with Gasteiger partial charge in [-0.2, -0.15) is 0 Å². The van der Waals surface area contributed by atoms with Gasteiger partial charge in [0.2, 0.25) is 0 Å². The van der Waals surface area contributed by atoms with E-state index in [2.05, 4.69) is 120 Å². The Bertz CT molecular complexity index is 1600. The minimum Gasteiger partial charge on any atom is -0.399 e. The quantitative estimate of drug-likeness (QED) is 0.0371. The van der Waals surface area contributed by atoms with E-state index in [4.69, 9.17) is 11.5 Å².